The van der Waals surface area contributed by atoms with E-state index in [4.69, 9.17) is 0 Å². The molecule has 0 N–H and O–H groups in total. The van der Waals surface area contributed by atoms with Gasteiger partial charge < -0.3 is 0 Å². The van der Waals surface area contributed by atoms with E-state index in [2.05, 4.69) is 10.2 Å². The topological polar surface area (TPSA) is 50.5 Å². The standard InChI is InChI=1S/C9H12N4O/c1-3-13-9(14)6-7(11-13)8-4-5-10-12(8)2/h4-5H,3,6H2,1-2H3. The van der Waals surface area contributed by atoms with Gasteiger partial charge >= 0.3 is 0 Å². The molecule has 0 saturated heterocycles. The summed E-state index contributed by atoms with van der Waals surface area (Å²) in [4.78, 5) is 11.4. The van der Waals surface area contributed by atoms with Gasteiger partial charge in [0.25, 0.3) is 0 Å². The normalized spacial score (nSPS) is 16.3. The van der Waals surface area contributed by atoms with Gasteiger partial charge in [-0.25, -0.2) is 5.01 Å². The van der Waals surface area contributed by atoms with Gasteiger partial charge in [-0.15, -0.1) is 0 Å². The summed E-state index contributed by atoms with van der Waals surface area (Å²) in [6.45, 7) is 2.54. The molecule has 1 amide bonds. The maximum atomic E-state index is 11.4. The first-order chi connectivity index (χ1) is 6.72. The lowest BCUT2D eigenvalue weighted by Crippen LogP contribution is -2.19. The fourth-order valence-corrected chi connectivity index (χ4v) is 1.52. The fourth-order valence-electron chi connectivity index (χ4n) is 1.52. The largest absolute Gasteiger partial charge is 0.273 e. The van der Waals surface area contributed by atoms with Gasteiger partial charge in [0.1, 0.15) is 0 Å². The summed E-state index contributed by atoms with van der Waals surface area (Å²) in [6.07, 6.45) is 2.09. The van der Waals surface area contributed by atoms with Crippen LogP contribution in [0.5, 0.6) is 0 Å². The first-order valence-corrected chi connectivity index (χ1v) is 4.58. The average Bonchev–Trinajstić information content (AvgIpc) is 2.71. The predicted octanol–water partition coefficient (Wildman–Crippen LogP) is 0.376. The minimum Gasteiger partial charge on any atom is -0.273 e. The molecule has 1 aliphatic heterocycles. The number of nitrogens with zero attached hydrogens (tertiary/aromatic N) is 4. The van der Waals surface area contributed by atoms with Crippen molar-refractivity contribution in [3.05, 3.63) is 18.0 Å². The van der Waals surface area contributed by atoms with Crippen molar-refractivity contribution in [2.24, 2.45) is 12.1 Å². The molecular formula is C9H12N4O. The van der Waals surface area contributed by atoms with Crippen LogP contribution in [-0.2, 0) is 11.8 Å². The van der Waals surface area contributed by atoms with Crippen molar-refractivity contribution in [1.82, 2.24) is 14.8 Å². The van der Waals surface area contributed by atoms with Crippen LogP contribution in [0.15, 0.2) is 17.4 Å². The molecule has 0 unspecified atom stereocenters. The van der Waals surface area contributed by atoms with Gasteiger partial charge in [-0.2, -0.15) is 10.2 Å². The van der Waals surface area contributed by atoms with E-state index in [1.165, 1.54) is 5.01 Å². The van der Waals surface area contributed by atoms with Crippen molar-refractivity contribution in [1.29, 1.82) is 0 Å². The van der Waals surface area contributed by atoms with Crippen molar-refractivity contribution >= 4 is 11.6 Å². The maximum Gasteiger partial charge on any atom is 0.248 e. The van der Waals surface area contributed by atoms with Crippen molar-refractivity contribution in [2.75, 3.05) is 6.54 Å². The van der Waals surface area contributed by atoms with Gasteiger partial charge in [0.05, 0.1) is 17.8 Å². The number of carbonyl (C=O) groups is 1. The second-order valence-corrected chi connectivity index (χ2v) is 3.17. The lowest BCUT2D eigenvalue weighted by Gasteiger charge is -2.05. The van der Waals surface area contributed by atoms with Crippen LogP contribution in [0.1, 0.15) is 19.0 Å². The highest BCUT2D eigenvalue weighted by Crippen LogP contribution is 2.13. The summed E-state index contributed by atoms with van der Waals surface area (Å²) in [6, 6.07) is 1.87. The molecule has 0 radical (unpaired) electrons. The third-order valence-corrected chi connectivity index (χ3v) is 2.26. The van der Waals surface area contributed by atoms with Crippen LogP contribution in [0, 0.1) is 0 Å². The molecule has 1 aliphatic rings. The molecule has 0 saturated carbocycles. The van der Waals surface area contributed by atoms with E-state index in [9.17, 15) is 4.79 Å². The molecular weight excluding hydrogens is 180 g/mol. The zero-order valence-electron chi connectivity index (χ0n) is 8.27. The van der Waals surface area contributed by atoms with Gasteiger partial charge in [-0.3, -0.25) is 9.48 Å². The van der Waals surface area contributed by atoms with Crippen molar-refractivity contribution in [2.45, 2.75) is 13.3 Å². The summed E-state index contributed by atoms with van der Waals surface area (Å²) >= 11 is 0. The lowest BCUT2D eigenvalue weighted by molar-refractivity contribution is -0.128. The van der Waals surface area contributed by atoms with E-state index < -0.39 is 0 Å². The van der Waals surface area contributed by atoms with E-state index in [0.29, 0.717) is 13.0 Å². The first-order valence-electron chi connectivity index (χ1n) is 4.58. The Bertz CT molecular complexity index is 393. The monoisotopic (exact) mass is 192 g/mol. The molecule has 0 aromatic carbocycles. The maximum absolute atomic E-state index is 11.4. The number of hydrogen-bond acceptors (Lipinski definition) is 3. The molecule has 5 heteroatoms. The third-order valence-electron chi connectivity index (χ3n) is 2.26. The van der Waals surface area contributed by atoms with Crippen LogP contribution in [0.25, 0.3) is 0 Å². The Balaban J connectivity index is 2.30. The molecule has 74 valence electrons. The molecule has 0 atom stereocenters. The molecule has 2 heterocycles. The number of hydrazone groups is 1. The Kier molecular flexibility index (Phi) is 2.07. The molecule has 1 aromatic heterocycles. The van der Waals surface area contributed by atoms with E-state index in [1.54, 1.807) is 10.9 Å². The Morgan fingerprint density at radius 3 is 2.86 bits per heavy atom. The molecule has 0 fully saturated rings. The van der Waals surface area contributed by atoms with Gasteiger partial charge in [-0.1, -0.05) is 0 Å². The van der Waals surface area contributed by atoms with Crippen LogP contribution >= 0.6 is 0 Å². The quantitative estimate of drug-likeness (QED) is 0.680. The smallest absolute Gasteiger partial charge is 0.248 e. The molecule has 0 spiro atoms. The lowest BCUT2D eigenvalue weighted by atomic mass is 10.2. The first kappa shape index (κ1) is 8.93. The number of hydrogen-bond donors (Lipinski definition) is 0. The van der Waals surface area contributed by atoms with Gasteiger partial charge in [0, 0.05) is 19.8 Å². The predicted molar refractivity (Wildman–Crippen MR) is 51.7 cm³/mol. The zero-order chi connectivity index (χ0) is 10.1. The molecule has 5 nitrogen and oxygen atoms in total. The second-order valence-electron chi connectivity index (χ2n) is 3.17. The number of aromatic nitrogens is 2. The molecule has 1 aromatic rings. The highest BCUT2D eigenvalue weighted by atomic mass is 16.2. The number of amides is 1. The summed E-state index contributed by atoms with van der Waals surface area (Å²) in [7, 11) is 1.84. The van der Waals surface area contributed by atoms with Gasteiger partial charge in [0.2, 0.25) is 5.91 Å². The second kappa shape index (κ2) is 3.25. The third kappa shape index (κ3) is 1.30. The Morgan fingerprint density at radius 2 is 2.36 bits per heavy atom. The average molecular weight is 192 g/mol. The van der Waals surface area contributed by atoms with Crippen molar-refractivity contribution in [3.8, 4) is 0 Å². The van der Waals surface area contributed by atoms with E-state index in [-0.39, 0.29) is 5.91 Å². The number of rotatable bonds is 2. The van der Waals surface area contributed by atoms with Crippen LogP contribution in [0.3, 0.4) is 0 Å². The minimum absolute atomic E-state index is 0.0590. The molecule has 2 rings (SSSR count). The highest BCUT2D eigenvalue weighted by Gasteiger charge is 2.24. The Morgan fingerprint density at radius 1 is 1.57 bits per heavy atom. The van der Waals surface area contributed by atoms with E-state index >= 15 is 0 Å². The summed E-state index contributed by atoms with van der Waals surface area (Å²) in [5, 5.41) is 9.76. The summed E-state index contributed by atoms with van der Waals surface area (Å²) in [5.74, 6) is 0.0590. The van der Waals surface area contributed by atoms with Crippen LogP contribution in [-0.4, -0.2) is 33.0 Å². The Hall–Kier alpha value is -1.65. The number of carbonyl (C=O) groups excluding carboxylic acids is 1. The molecule has 0 bridgehead atoms. The Labute approximate surface area is 82.0 Å². The zero-order valence-corrected chi connectivity index (χ0v) is 8.27. The SMILES string of the molecule is CCN1N=C(c2ccnn2C)CC1=O. The highest BCUT2D eigenvalue weighted by molar-refractivity contribution is 6.12. The van der Waals surface area contributed by atoms with Crippen molar-refractivity contribution in [3.63, 3.8) is 0 Å². The van der Waals surface area contributed by atoms with Gasteiger partial charge in [0.15, 0.2) is 0 Å². The van der Waals surface area contributed by atoms with Crippen LogP contribution in [0.4, 0.5) is 0 Å². The van der Waals surface area contributed by atoms with E-state index in [1.807, 2.05) is 20.0 Å². The minimum atomic E-state index is 0.0590. The van der Waals surface area contributed by atoms with Gasteiger partial charge in [-0.05, 0) is 13.0 Å². The van der Waals surface area contributed by atoms with Crippen LogP contribution in [0.2, 0.25) is 0 Å². The van der Waals surface area contributed by atoms with E-state index in [0.717, 1.165) is 11.4 Å². The molecule has 14 heavy (non-hydrogen) atoms. The number of aryl methyl sites for hydroxylation is 1. The summed E-state index contributed by atoms with van der Waals surface area (Å²) < 4.78 is 1.73. The fraction of sp³-hybridized carbons (Fsp3) is 0.444. The van der Waals surface area contributed by atoms with Crippen molar-refractivity contribution < 1.29 is 4.79 Å². The summed E-state index contributed by atoms with van der Waals surface area (Å²) in [5.41, 5.74) is 1.71. The molecule has 0 aliphatic carbocycles. The van der Waals surface area contributed by atoms with Crippen LogP contribution < -0.4 is 0 Å².